The van der Waals surface area contributed by atoms with Crippen molar-refractivity contribution in [2.45, 2.75) is 0 Å². The monoisotopic (exact) mass is 384 g/mol. The lowest BCUT2D eigenvalue weighted by Crippen LogP contribution is -2.35. The maximum absolute atomic E-state index is 11.2. The van der Waals surface area contributed by atoms with Gasteiger partial charge in [-0.15, -0.1) is 0 Å². The largest absolute Gasteiger partial charge is 0.466 e. The molecule has 0 bridgehead atoms. The molecule has 0 saturated heterocycles. The molecule has 2 rings (SSSR count). The van der Waals surface area contributed by atoms with E-state index in [0.29, 0.717) is 11.6 Å². The highest BCUT2D eigenvalue weighted by atomic mass is 127. The van der Waals surface area contributed by atoms with Crippen molar-refractivity contribution in [3.05, 3.63) is 16.7 Å². The molecule has 0 radical (unpaired) electrons. The van der Waals surface area contributed by atoms with E-state index in [1.165, 1.54) is 4.90 Å². The summed E-state index contributed by atoms with van der Waals surface area (Å²) in [5.74, 6) is 0.442. The Morgan fingerprint density at radius 1 is 1.60 bits per heavy atom. The second-order valence-corrected chi connectivity index (χ2v) is 3.63. The fourth-order valence-electron chi connectivity index (χ4n) is 1.13. The number of pyridine rings is 1. The second kappa shape index (κ2) is 5.64. The summed E-state index contributed by atoms with van der Waals surface area (Å²) in [6, 6.07) is 1.80. The third-order valence-electron chi connectivity index (χ3n) is 1.87. The Kier molecular flexibility index (Phi) is 4.78. The van der Waals surface area contributed by atoms with Gasteiger partial charge in [-0.1, -0.05) is 22.6 Å². The summed E-state index contributed by atoms with van der Waals surface area (Å²) in [5.41, 5.74) is 0.700. The molecule has 0 spiro atoms. The van der Waals surface area contributed by atoms with Gasteiger partial charge in [0.1, 0.15) is 5.69 Å². The highest BCUT2D eigenvalue weighted by Gasteiger charge is 2.23. The van der Waals surface area contributed by atoms with E-state index in [1.54, 1.807) is 19.3 Å². The van der Waals surface area contributed by atoms with E-state index in [0.717, 1.165) is 4.47 Å². The van der Waals surface area contributed by atoms with Crippen molar-refractivity contribution < 1.29 is 9.53 Å². The van der Waals surface area contributed by atoms with Gasteiger partial charge >= 0.3 is 0 Å². The van der Waals surface area contributed by atoms with Gasteiger partial charge in [-0.05, 0) is 26.9 Å². The van der Waals surface area contributed by atoms with Gasteiger partial charge in [0.25, 0.3) is 5.91 Å². The molecule has 0 fully saturated rings. The minimum atomic E-state index is -0.0626. The molecule has 1 aromatic rings. The molecular formula is C9H10BrIN2O2. The molecule has 0 unspecified atom stereocenters. The standard InChI is InChI=1S/C8H7BrN2O2.CH3I/c1-11-6-2-5(9)3-10-8(6)13-4-7(11)12;1-2/h2-3H,4H2,1H3;1H3. The van der Waals surface area contributed by atoms with Crippen LogP contribution < -0.4 is 9.64 Å². The fraction of sp³-hybridized carbons (Fsp3) is 0.333. The predicted octanol–water partition coefficient (Wildman–Crippen LogP) is 2.25. The summed E-state index contributed by atoms with van der Waals surface area (Å²) in [5, 5.41) is 0. The van der Waals surface area contributed by atoms with Crippen molar-refractivity contribution in [2.24, 2.45) is 0 Å². The molecule has 2 heterocycles. The lowest BCUT2D eigenvalue weighted by Gasteiger charge is -2.24. The number of ether oxygens (including phenoxy) is 1. The average molecular weight is 385 g/mol. The van der Waals surface area contributed by atoms with E-state index in [4.69, 9.17) is 4.74 Å². The summed E-state index contributed by atoms with van der Waals surface area (Å²) in [6.45, 7) is 0.0676. The first-order valence-electron chi connectivity index (χ1n) is 4.11. The zero-order valence-corrected chi connectivity index (χ0v) is 12.1. The molecule has 82 valence electrons. The Morgan fingerprint density at radius 3 is 2.93 bits per heavy atom. The van der Waals surface area contributed by atoms with E-state index >= 15 is 0 Å². The van der Waals surface area contributed by atoms with Crippen LogP contribution in [-0.4, -0.2) is 29.5 Å². The third kappa shape index (κ3) is 2.81. The van der Waals surface area contributed by atoms with Crippen molar-refractivity contribution in [3.8, 4) is 5.88 Å². The SMILES string of the molecule is CI.CN1C(=O)COc2ncc(Br)cc21. The molecule has 1 aliphatic heterocycles. The summed E-state index contributed by atoms with van der Waals surface area (Å²) < 4.78 is 5.97. The number of carbonyl (C=O) groups excluding carboxylic acids is 1. The average Bonchev–Trinajstić information content (AvgIpc) is 2.27. The van der Waals surface area contributed by atoms with E-state index < -0.39 is 0 Å². The minimum Gasteiger partial charge on any atom is -0.466 e. The summed E-state index contributed by atoms with van der Waals surface area (Å²) >= 11 is 5.43. The van der Waals surface area contributed by atoms with Crippen molar-refractivity contribution in [2.75, 3.05) is 23.5 Å². The van der Waals surface area contributed by atoms with Gasteiger partial charge < -0.3 is 9.64 Å². The Bertz CT molecular complexity index is 373. The molecule has 4 nitrogen and oxygen atoms in total. The molecule has 0 atom stereocenters. The van der Waals surface area contributed by atoms with Crippen molar-refractivity contribution in [1.29, 1.82) is 0 Å². The molecule has 0 aromatic carbocycles. The number of aromatic nitrogens is 1. The van der Waals surface area contributed by atoms with Crippen molar-refractivity contribution in [1.82, 2.24) is 4.98 Å². The summed E-state index contributed by atoms with van der Waals surface area (Å²) in [4.78, 5) is 18.8. The number of hydrogen-bond donors (Lipinski definition) is 0. The van der Waals surface area contributed by atoms with Crippen LogP contribution in [0.25, 0.3) is 0 Å². The highest BCUT2D eigenvalue weighted by Crippen LogP contribution is 2.30. The van der Waals surface area contributed by atoms with Crippen LogP contribution in [0.2, 0.25) is 0 Å². The van der Waals surface area contributed by atoms with Gasteiger partial charge in [0.2, 0.25) is 5.88 Å². The number of halogens is 2. The molecule has 0 aliphatic carbocycles. The van der Waals surface area contributed by atoms with Gasteiger partial charge in [0, 0.05) is 17.7 Å². The van der Waals surface area contributed by atoms with E-state index in [2.05, 4.69) is 43.5 Å². The number of fused-ring (bicyclic) bond motifs is 1. The predicted molar refractivity (Wildman–Crippen MR) is 70.8 cm³/mol. The Balaban J connectivity index is 0.000000531. The fourth-order valence-corrected chi connectivity index (χ4v) is 1.45. The number of amides is 1. The quantitative estimate of drug-likeness (QED) is 0.509. The molecular weight excluding hydrogens is 375 g/mol. The number of likely N-dealkylation sites (N-methyl/N-ethyl adjacent to an activating group) is 1. The molecule has 0 N–H and O–H groups in total. The van der Waals surface area contributed by atoms with Crippen LogP contribution in [0, 0.1) is 0 Å². The van der Waals surface area contributed by atoms with Crippen LogP contribution in [-0.2, 0) is 4.79 Å². The second-order valence-electron chi connectivity index (χ2n) is 2.72. The van der Waals surface area contributed by atoms with Crippen molar-refractivity contribution >= 4 is 50.1 Å². The molecule has 1 aliphatic rings. The van der Waals surface area contributed by atoms with Crippen LogP contribution in [0.3, 0.4) is 0 Å². The zero-order chi connectivity index (χ0) is 11.4. The lowest BCUT2D eigenvalue weighted by atomic mass is 10.3. The van der Waals surface area contributed by atoms with Crippen LogP contribution in [0.5, 0.6) is 5.88 Å². The van der Waals surface area contributed by atoms with Gasteiger partial charge in [-0.25, -0.2) is 4.98 Å². The van der Waals surface area contributed by atoms with Gasteiger partial charge in [0.05, 0.1) is 0 Å². The van der Waals surface area contributed by atoms with Crippen LogP contribution >= 0.6 is 38.5 Å². The van der Waals surface area contributed by atoms with Gasteiger partial charge in [-0.2, -0.15) is 0 Å². The molecule has 6 heteroatoms. The summed E-state index contributed by atoms with van der Waals surface area (Å²) in [6.07, 6.45) is 1.64. The third-order valence-corrected chi connectivity index (χ3v) is 2.30. The van der Waals surface area contributed by atoms with Gasteiger partial charge in [-0.3, -0.25) is 4.79 Å². The smallest absolute Gasteiger partial charge is 0.264 e. The first-order chi connectivity index (χ1) is 7.18. The van der Waals surface area contributed by atoms with E-state index in [-0.39, 0.29) is 12.5 Å². The molecule has 0 saturated carbocycles. The number of nitrogens with zero attached hydrogens (tertiary/aromatic N) is 2. The van der Waals surface area contributed by atoms with Crippen LogP contribution in [0.1, 0.15) is 0 Å². The first-order valence-corrected chi connectivity index (χ1v) is 7.06. The van der Waals surface area contributed by atoms with Crippen LogP contribution in [0.4, 0.5) is 5.69 Å². The minimum absolute atomic E-state index is 0.0626. The number of anilines is 1. The topological polar surface area (TPSA) is 42.4 Å². The number of alkyl halides is 1. The molecule has 15 heavy (non-hydrogen) atoms. The highest BCUT2D eigenvalue weighted by molar-refractivity contribution is 14.1. The van der Waals surface area contributed by atoms with Gasteiger partial charge in [0.15, 0.2) is 6.61 Å². The maximum atomic E-state index is 11.2. The summed E-state index contributed by atoms with van der Waals surface area (Å²) in [7, 11) is 1.71. The zero-order valence-electron chi connectivity index (χ0n) is 8.33. The number of rotatable bonds is 0. The normalized spacial score (nSPS) is 13.6. The molecule has 1 amide bonds. The maximum Gasteiger partial charge on any atom is 0.264 e. The number of carbonyl (C=O) groups is 1. The van der Waals surface area contributed by atoms with E-state index in [1.807, 2.05) is 4.93 Å². The first kappa shape index (κ1) is 12.7. The van der Waals surface area contributed by atoms with Crippen molar-refractivity contribution in [3.63, 3.8) is 0 Å². The number of hydrogen-bond acceptors (Lipinski definition) is 3. The lowest BCUT2D eigenvalue weighted by molar-refractivity contribution is -0.121. The van der Waals surface area contributed by atoms with Crippen LogP contribution in [0.15, 0.2) is 16.7 Å². The Morgan fingerprint density at radius 2 is 2.27 bits per heavy atom. The molecule has 1 aromatic heterocycles. The van der Waals surface area contributed by atoms with E-state index in [9.17, 15) is 4.79 Å². The Labute approximate surface area is 110 Å². The Hall–Kier alpha value is -0.370.